The van der Waals surface area contributed by atoms with E-state index in [1.54, 1.807) is 62.6 Å². The molecule has 7 nitrogen and oxygen atoms in total. The molecule has 0 aliphatic rings. The lowest BCUT2D eigenvalue weighted by atomic mass is 10.1. The van der Waals surface area contributed by atoms with Gasteiger partial charge in [-0.1, -0.05) is 48.5 Å². The number of ether oxygens (including phenoxy) is 1. The Morgan fingerprint density at radius 3 is 2.33 bits per heavy atom. The van der Waals surface area contributed by atoms with E-state index in [1.165, 1.54) is 4.90 Å². The molecule has 170 valence electrons. The van der Waals surface area contributed by atoms with Crippen molar-refractivity contribution < 1.29 is 19.1 Å². The van der Waals surface area contributed by atoms with Crippen LogP contribution in [0.25, 0.3) is 0 Å². The van der Waals surface area contributed by atoms with E-state index < -0.39 is 0 Å². The van der Waals surface area contributed by atoms with Gasteiger partial charge in [-0.05, 0) is 42.3 Å². The number of likely N-dealkylation sites (N-methyl/N-ethyl adjacent to an activating group) is 1. The quantitative estimate of drug-likeness (QED) is 0.529. The predicted octanol–water partition coefficient (Wildman–Crippen LogP) is 3.38. The van der Waals surface area contributed by atoms with Gasteiger partial charge in [0.25, 0.3) is 17.7 Å². The lowest BCUT2D eigenvalue weighted by molar-refractivity contribution is -0.130. The van der Waals surface area contributed by atoms with Crippen LogP contribution >= 0.6 is 0 Å². The number of carbonyl (C=O) groups excluding carboxylic acids is 3. The summed E-state index contributed by atoms with van der Waals surface area (Å²) in [5.41, 5.74) is 2.27. The molecule has 0 aliphatic heterocycles. The van der Waals surface area contributed by atoms with Crippen molar-refractivity contribution in [2.45, 2.75) is 6.42 Å². The largest absolute Gasteiger partial charge is 0.484 e. The third-order valence-electron chi connectivity index (χ3n) is 4.92. The van der Waals surface area contributed by atoms with Crippen molar-refractivity contribution in [3.8, 4) is 5.75 Å². The van der Waals surface area contributed by atoms with Crippen molar-refractivity contribution in [3.05, 3.63) is 95.6 Å². The Morgan fingerprint density at radius 1 is 0.848 bits per heavy atom. The molecule has 0 heterocycles. The molecule has 0 unspecified atom stereocenters. The summed E-state index contributed by atoms with van der Waals surface area (Å²) >= 11 is 0. The van der Waals surface area contributed by atoms with Gasteiger partial charge in [-0.3, -0.25) is 14.4 Å². The molecule has 0 saturated heterocycles. The van der Waals surface area contributed by atoms with Crippen LogP contribution in [0.5, 0.6) is 5.75 Å². The zero-order valence-corrected chi connectivity index (χ0v) is 18.7. The van der Waals surface area contributed by atoms with Gasteiger partial charge in [-0.25, -0.2) is 0 Å². The van der Waals surface area contributed by atoms with E-state index in [1.807, 2.05) is 30.3 Å². The highest BCUT2D eigenvalue weighted by Gasteiger charge is 2.15. The van der Waals surface area contributed by atoms with Crippen LogP contribution in [0.3, 0.4) is 0 Å². The van der Waals surface area contributed by atoms with Gasteiger partial charge in [0.2, 0.25) is 0 Å². The fourth-order valence-corrected chi connectivity index (χ4v) is 3.05. The molecule has 0 aromatic heterocycles. The SMILES string of the molecule is CN(C)C(=O)COc1cccc(C(=O)Nc2ccccc2C(=O)NCCc2ccccc2)c1. The average Bonchev–Trinajstić information content (AvgIpc) is 2.83. The molecular formula is C26H27N3O4. The highest BCUT2D eigenvalue weighted by molar-refractivity contribution is 6.09. The van der Waals surface area contributed by atoms with Crippen LogP contribution in [0, 0.1) is 0 Å². The fraction of sp³-hybridized carbons (Fsp3) is 0.192. The molecule has 3 aromatic carbocycles. The summed E-state index contributed by atoms with van der Waals surface area (Å²) in [5, 5.41) is 5.70. The lowest BCUT2D eigenvalue weighted by Crippen LogP contribution is -2.27. The zero-order chi connectivity index (χ0) is 23.6. The number of nitrogens with zero attached hydrogens (tertiary/aromatic N) is 1. The average molecular weight is 446 g/mol. The first-order valence-electron chi connectivity index (χ1n) is 10.6. The molecule has 0 aliphatic carbocycles. The molecule has 0 spiro atoms. The fourth-order valence-electron chi connectivity index (χ4n) is 3.05. The molecule has 3 aromatic rings. The normalized spacial score (nSPS) is 10.2. The third-order valence-corrected chi connectivity index (χ3v) is 4.92. The van der Waals surface area contributed by atoms with Crippen LogP contribution in [0.4, 0.5) is 5.69 Å². The van der Waals surface area contributed by atoms with Crippen molar-refractivity contribution in [1.82, 2.24) is 10.2 Å². The first-order chi connectivity index (χ1) is 15.9. The van der Waals surface area contributed by atoms with Crippen LogP contribution < -0.4 is 15.4 Å². The second kappa shape index (κ2) is 11.5. The van der Waals surface area contributed by atoms with Gasteiger partial charge in [-0.2, -0.15) is 0 Å². The summed E-state index contributed by atoms with van der Waals surface area (Å²) in [6.45, 7) is 0.361. The molecule has 2 N–H and O–H groups in total. The molecule has 3 amide bonds. The molecule has 0 bridgehead atoms. The van der Waals surface area contributed by atoms with Crippen molar-refractivity contribution in [2.24, 2.45) is 0 Å². The Morgan fingerprint density at radius 2 is 1.58 bits per heavy atom. The molecule has 33 heavy (non-hydrogen) atoms. The van der Waals surface area contributed by atoms with Crippen LogP contribution in [-0.2, 0) is 11.2 Å². The maximum absolute atomic E-state index is 12.8. The predicted molar refractivity (Wildman–Crippen MR) is 128 cm³/mol. The van der Waals surface area contributed by atoms with Crippen molar-refractivity contribution in [2.75, 3.05) is 32.6 Å². The first kappa shape index (κ1) is 23.5. The van der Waals surface area contributed by atoms with Gasteiger partial charge in [0.15, 0.2) is 6.61 Å². The number of rotatable bonds is 9. The molecule has 0 atom stereocenters. The Balaban J connectivity index is 1.63. The molecule has 3 rings (SSSR count). The van der Waals surface area contributed by atoms with Crippen LogP contribution in [0.2, 0.25) is 0 Å². The van der Waals surface area contributed by atoms with Crippen molar-refractivity contribution in [3.63, 3.8) is 0 Å². The van der Waals surface area contributed by atoms with Gasteiger partial charge in [0.05, 0.1) is 11.3 Å². The van der Waals surface area contributed by atoms with E-state index in [0.717, 1.165) is 5.56 Å². The highest BCUT2D eigenvalue weighted by Crippen LogP contribution is 2.19. The molecule has 0 radical (unpaired) electrons. The Bertz CT molecular complexity index is 1110. The number of benzene rings is 3. The van der Waals surface area contributed by atoms with Gasteiger partial charge in [0.1, 0.15) is 5.75 Å². The standard InChI is InChI=1S/C26H27N3O4/c1-29(2)24(30)18-33-21-12-8-11-20(17-21)25(31)28-23-14-7-6-13-22(23)26(32)27-16-15-19-9-4-3-5-10-19/h3-14,17H,15-16,18H2,1-2H3,(H,27,32)(H,28,31). The summed E-state index contributed by atoms with van der Waals surface area (Å²) in [4.78, 5) is 38.7. The number of carbonyl (C=O) groups is 3. The maximum Gasteiger partial charge on any atom is 0.259 e. The Kier molecular flexibility index (Phi) is 8.18. The number of hydrogen-bond donors (Lipinski definition) is 2. The zero-order valence-electron chi connectivity index (χ0n) is 18.7. The van der Waals surface area contributed by atoms with Gasteiger partial charge < -0.3 is 20.3 Å². The number of nitrogens with one attached hydrogen (secondary N) is 2. The summed E-state index contributed by atoms with van der Waals surface area (Å²) in [5.74, 6) is -0.424. The monoisotopic (exact) mass is 445 g/mol. The summed E-state index contributed by atoms with van der Waals surface area (Å²) in [6, 6.07) is 23.3. The second-order valence-electron chi connectivity index (χ2n) is 7.60. The van der Waals surface area contributed by atoms with Crippen LogP contribution in [0.15, 0.2) is 78.9 Å². The summed E-state index contributed by atoms with van der Waals surface area (Å²) in [6.07, 6.45) is 0.713. The number of para-hydroxylation sites is 1. The second-order valence-corrected chi connectivity index (χ2v) is 7.60. The minimum atomic E-state index is -0.385. The van der Waals surface area contributed by atoms with Gasteiger partial charge in [-0.15, -0.1) is 0 Å². The number of hydrogen-bond acceptors (Lipinski definition) is 4. The number of amides is 3. The van der Waals surface area contributed by atoms with Crippen LogP contribution in [0.1, 0.15) is 26.3 Å². The van der Waals surface area contributed by atoms with E-state index in [9.17, 15) is 14.4 Å². The molecule has 0 saturated carbocycles. The van der Waals surface area contributed by atoms with E-state index in [4.69, 9.17) is 4.74 Å². The maximum atomic E-state index is 12.8. The van der Waals surface area contributed by atoms with E-state index in [0.29, 0.717) is 35.5 Å². The highest BCUT2D eigenvalue weighted by atomic mass is 16.5. The third kappa shape index (κ3) is 6.93. The van der Waals surface area contributed by atoms with E-state index in [-0.39, 0.29) is 24.3 Å². The number of anilines is 1. The molecular weight excluding hydrogens is 418 g/mol. The van der Waals surface area contributed by atoms with E-state index in [2.05, 4.69) is 10.6 Å². The smallest absolute Gasteiger partial charge is 0.259 e. The topological polar surface area (TPSA) is 87.7 Å². The van der Waals surface area contributed by atoms with Gasteiger partial charge >= 0.3 is 0 Å². The lowest BCUT2D eigenvalue weighted by Gasteiger charge is -2.13. The van der Waals surface area contributed by atoms with Crippen LogP contribution in [-0.4, -0.2) is 49.9 Å². The minimum absolute atomic E-state index is 0.121. The summed E-state index contributed by atoms with van der Waals surface area (Å²) in [7, 11) is 3.29. The first-order valence-corrected chi connectivity index (χ1v) is 10.6. The van der Waals surface area contributed by atoms with Gasteiger partial charge in [0, 0.05) is 26.2 Å². The van der Waals surface area contributed by atoms with E-state index >= 15 is 0 Å². The molecule has 7 heteroatoms. The van der Waals surface area contributed by atoms with Crippen molar-refractivity contribution in [1.29, 1.82) is 0 Å². The minimum Gasteiger partial charge on any atom is -0.484 e. The molecule has 0 fully saturated rings. The summed E-state index contributed by atoms with van der Waals surface area (Å²) < 4.78 is 5.48. The van der Waals surface area contributed by atoms with Crippen molar-refractivity contribution >= 4 is 23.4 Å². The Labute approximate surface area is 193 Å². The Hall–Kier alpha value is -4.13.